The predicted molar refractivity (Wildman–Crippen MR) is 94.4 cm³/mol. The average Bonchev–Trinajstić information content (AvgIpc) is 2.93. The maximum Gasteiger partial charge on any atom is 0.319 e. The largest absolute Gasteiger partial charge is 0.355 e. The molecule has 0 aliphatic carbocycles. The first kappa shape index (κ1) is 17.4. The Labute approximate surface area is 148 Å². The summed E-state index contributed by atoms with van der Waals surface area (Å²) in [6, 6.07) is 0.0770. The lowest BCUT2D eigenvalue weighted by molar-refractivity contribution is 0.0585. The second-order valence-corrected chi connectivity index (χ2v) is 6.96. The fourth-order valence-electron chi connectivity index (χ4n) is 3.62. The monoisotopic (exact) mass is 346 g/mol. The molecule has 0 unspecified atom stereocenters. The van der Waals surface area contributed by atoms with Crippen LogP contribution in [-0.4, -0.2) is 82.9 Å². The van der Waals surface area contributed by atoms with Crippen LogP contribution in [0.25, 0.3) is 0 Å². The van der Waals surface area contributed by atoms with Crippen LogP contribution in [0.5, 0.6) is 0 Å². The molecule has 0 saturated carbocycles. The summed E-state index contributed by atoms with van der Waals surface area (Å²) in [6.45, 7) is 4.70. The highest BCUT2D eigenvalue weighted by molar-refractivity contribution is 5.94. The summed E-state index contributed by atoms with van der Waals surface area (Å²) in [5.74, 6) is 0.810. The van der Waals surface area contributed by atoms with Gasteiger partial charge in [-0.25, -0.2) is 14.8 Å². The number of piperidine rings is 1. The van der Waals surface area contributed by atoms with E-state index >= 15 is 0 Å². The fourth-order valence-corrected chi connectivity index (χ4v) is 3.62. The van der Waals surface area contributed by atoms with Gasteiger partial charge in [0.25, 0.3) is 5.91 Å². The average molecular weight is 346 g/mol. The number of carbonyl (C=O) groups excluding carboxylic acids is 2. The van der Waals surface area contributed by atoms with Gasteiger partial charge in [0, 0.05) is 58.7 Å². The lowest BCUT2D eigenvalue weighted by atomic mass is 9.94. The molecule has 3 amide bonds. The zero-order valence-electron chi connectivity index (χ0n) is 15.1. The second kappa shape index (κ2) is 7.25. The standard InChI is InChI=1S/C17H26N6O2/c1-4-18-16-19-7-13(8-20-16)15(24)23-10-12-5-6-14(23)11-22(9-12)17(25)21(2)3/h7-8,12,14H,4-6,9-11H2,1-3H3,(H,18,19,20)/t12-,14+/m1/s1. The van der Waals surface area contributed by atoms with Crippen LogP contribution in [0.4, 0.5) is 10.7 Å². The Balaban J connectivity index is 1.74. The number of amides is 3. The van der Waals surface area contributed by atoms with Gasteiger partial charge in [0.05, 0.1) is 5.56 Å². The maximum absolute atomic E-state index is 12.9. The van der Waals surface area contributed by atoms with Gasteiger partial charge in [-0.3, -0.25) is 4.79 Å². The molecular formula is C17H26N6O2. The quantitative estimate of drug-likeness (QED) is 0.887. The van der Waals surface area contributed by atoms with E-state index in [1.807, 2.05) is 16.7 Å². The molecule has 2 atom stereocenters. The van der Waals surface area contributed by atoms with Crippen molar-refractivity contribution in [2.24, 2.45) is 5.92 Å². The first-order valence-electron chi connectivity index (χ1n) is 8.82. The Morgan fingerprint density at radius 3 is 2.56 bits per heavy atom. The Hall–Kier alpha value is -2.38. The van der Waals surface area contributed by atoms with Crippen LogP contribution in [-0.2, 0) is 0 Å². The van der Waals surface area contributed by atoms with E-state index in [1.165, 1.54) is 0 Å². The molecule has 25 heavy (non-hydrogen) atoms. The number of nitrogens with one attached hydrogen (secondary N) is 1. The van der Waals surface area contributed by atoms with Gasteiger partial charge >= 0.3 is 6.03 Å². The van der Waals surface area contributed by atoms with Gasteiger partial charge < -0.3 is 20.0 Å². The van der Waals surface area contributed by atoms with Crippen LogP contribution in [0.3, 0.4) is 0 Å². The SMILES string of the molecule is CCNc1ncc(C(=O)N2C[C@@H]3CC[C@H]2CN(C(=O)N(C)C)C3)cn1. The minimum atomic E-state index is -0.0445. The number of anilines is 1. The van der Waals surface area contributed by atoms with E-state index in [1.54, 1.807) is 31.4 Å². The van der Waals surface area contributed by atoms with Crippen molar-refractivity contribution in [3.63, 3.8) is 0 Å². The van der Waals surface area contributed by atoms with Crippen molar-refractivity contribution in [1.29, 1.82) is 0 Å². The van der Waals surface area contributed by atoms with Crippen molar-refractivity contribution in [3.8, 4) is 0 Å². The molecule has 3 aliphatic rings. The molecule has 4 heterocycles. The number of hydrogen-bond donors (Lipinski definition) is 1. The van der Waals surface area contributed by atoms with E-state index in [2.05, 4.69) is 15.3 Å². The Kier molecular flexibility index (Phi) is 5.06. The highest BCUT2D eigenvalue weighted by Gasteiger charge is 2.39. The molecule has 0 spiro atoms. The topological polar surface area (TPSA) is 81.7 Å². The first-order chi connectivity index (χ1) is 12.0. The van der Waals surface area contributed by atoms with E-state index in [0.717, 1.165) is 19.4 Å². The summed E-state index contributed by atoms with van der Waals surface area (Å²) in [5, 5.41) is 3.02. The fraction of sp³-hybridized carbons (Fsp3) is 0.647. The smallest absolute Gasteiger partial charge is 0.319 e. The molecule has 3 aliphatic heterocycles. The van der Waals surface area contributed by atoms with Gasteiger partial charge in [0.2, 0.25) is 5.95 Å². The number of aromatic nitrogens is 2. The molecular weight excluding hydrogens is 320 g/mol. The van der Waals surface area contributed by atoms with E-state index in [0.29, 0.717) is 37.1 Å². The second-order valence-electron chi connectivity index (χ2n) is 6.96. The van der Waals surface area contributed by atoms with Crippen molar-refractivity contribution in [3.05, 3.63) is 18.0 Å². The third-order valence-electron chi connectivity index (χ3n) is 4.86. The van der Waals surface area contributed by atoms with Crippen LogP contribution in [0, 0.1) is 5.92 Å². The zero-order valence-corrected chi connectivity index (χ0v) is 15.1. The molecule has 1 aromatic heterocycles. The van der Waals surface area contributed by atoms with Crippen LogP contribution < -0.4 is 5.32 Å². The van der Waals surface area contributed by atoms with Crippen molar-refractivity contribution < 1.29 is 9.59 Å². The Bertz CT molecular complexity index is 633. The molecule has 4 rings (SSSR count). The molecule has 0 radical (unpaired) electrons. The molecule has 8 nitrogen and oxygen atoms in total. The van der Waals surface area contributed by atoms with E-state index < -0.39 is 0 Å². The number of urea groups is 1. The van der Waals surface area contributed by atoms with E-state index in [4.69, 9.17) is 0 Å². The molecule has 136 valence electrons. The third-order valence-corrected chi connectivity index (χ3v) is 4.86. The minimum Gasteiger partial charge on any atom is -0.355 e. The molecule has 3 saturated heterocycles. The molecule has 8 heteroatoms. The number of fused-ring (bicyclic) bond motifs is 4. The molecule has 2 bridgehead atoms. The van der Waals surface area contributed by atoms with E-state index in [9.17, 15) is 9.59 Å². The van der Waals surface area contributed by atoms with Crippen molar-refractivity contribution in [2.75, 3.05) is 45.6 Å². The number of hydrogen-bond acceptors (Lipinski definition) is 5. The summed E-state index contributed by atoms with van der Waals surface area (Å²) < 4.78 is 0. The number of nitrogens with zero attached hydrogens (tertiary/aromatic N) is 5. The molecule has 1 N–H and O–H groups in total. The summed E-state index contributed by atoms with van der Waals surface area (Å²) >= 11 is 0. The van der Waals surface area contributed by atoms with Gasteiger partial charge in [-0.1, -0.05) is 0 Å². The van der Waals surface area contributed by atoms with Gasteiger partial charge in [-0.15, -0.1) is 0 Å². The van der Waals surface area contributed by atoms with Gasteiger partial charge in [0.15, 0.2) is 0 Å². The van der Waals surface area contributed by atoms with Crippen LogP contribution >= 0.6 is 0 Å². The number of carbonyl (C=O) groups is 2. The van der Waals surface area contributed by atoms with Gasteiger partial charge in [-0.2, -0.15) is 0 Å². The first-order valence-corrected chi connectivity index (χ1v) is 8.82. The molecule has 3 fully saturated rings. The predicted octanol–water partition coefficient (Wildman–Crippen LogP) is 1.13. The van der Waals surface area contributed by atoms with E-state index in [-0.39, 0.29) is 18.0 Å². The van der Waals surface area contributed by atoms with Crippen LogP contribution in [0.1, 0.15) is 30.1 Å². The van der Waals surface area contributed by atoms with Crippen molar-refractivity contribution in [1.82, 2.24) is 24.7 Å². The van der Waals surface area contributed by atoms with Gasteiger partial charge in [-0.05, 0) is 25.7 Å². The minimum absolute atomic E-state index is 0.0181. The highest BCUT2D eigenvalue weighted by Crippen LogP contribution is 2.29. The third kappa shape index (κ3) is 3.67. The van der Waals surface area contributed by atoms with Crippen molar-refractivity contribution >= 4 is 17.9 Å². The Morgan fingerprint density at radius 2 is 1.92 bits per heavy atom. The number of rotatable bonds is 3. The molecule has 1 aromatic rings. The van der Waals surface area contributed by atoms with Crippen molar-refractivity contribution in [2.45, 2.75) is 25.8 Å². The lowest BCUT2D eigenvalue weighted by Gasteiger charge is -2.36. The summed E-state index contributed by atoms with van der Waals surface area (Å²) in [7, 11) is 3.53. The van der Waals surface area contributed by atoms with Crippen LogP contribution in [0.2, 0.25) is 0 Å². The highest BCUT2D eigenvalue weighted by atomic mass is 16.2. The van der Waals surface area contributed by atoms with Crippen LogP contribution in [0.15, 0.2) is 12.4 Å². The summed E-state index contributed by atoms with van der Waals surface area (Å²) in [6.07, 6.45) is 5.15. The summed E-state index contributed by atoms with van der Waals surface area (Å²) in [4.78, 5) is 39.0. The van der Waals surface area contributed by atoms with Gasteiger partial charge in [0.1, 0.15) is 0 Å². The summed E-state index contributed by atoms with van der Waals surface area (Å²) in [5.41, 5.74) is 0.500. The Morgan fingerprint density at radius 1 is 1.20 bits per heavy atom. The molecule has 0 aromatic carbocycles. The lowest BCUT2D eigenvalue weighted by Crippen LogP contribution is -2.48. The normalized spacial score (nSPS) is 22.5. The zero-order chi connectivity index (χ0) is 18.0. The maximum atomic E-state index is 12.9.